The molecule has 0 saturated carbocycles. The summed E-state index contributed by atoms with van der Waals surface area (Å²) < 4.78 is 2.98. The lowest BCUT2D eigenvalue weighted by molar-refractivity contribution is -0.389. The van der Waals surface area contributed by atoms with E-state index < -0.39 is 10.7 Å². The lowest BCUT2D eigenvalue weighted by atomic mass is 10.2. The van der Waals surface area contributed by atoms with E-state index in [1.165, 1.54) is 4.68 Å². The standard InChI is InChI=1S/C16H15ClN6O3/c1-11-15(17)16(23(25)26)20-22(11)10-14(24)19-13-5-2-4-12(8-13)9-21-7-3-6-18-21/h2-8H,9-10H2,1H3,(H,19,24). The molecule has 3 aromatic rings. The molecule has 0 fully saturated rings. The zero-order valence-corrected chi connectivity index (χ0v) is 14.6. The number of nitrogens with zero attached hydrogens (tertiary/aromatic N) is 5. The summed E-state index contributed by atoms with van der Waals surface area (Å²) >= 11 is 5.88. The average Bonchev–Trinajstić information content (AvgIpc) is 3.19. The number of amides is 1. The predicted molar refractivity (Wildman–Crippen MR) is 95.0 cm³/mol. The van der Waals surface area contributed by atoms with Gasteiger partial charge in [-0.25, -0.2) is 0 Å². The summed E-state index contributed by atoms with van der Waals surface area (Å²) in [6, 6.07) is 9.19. The first kappa shape index (κ1) is 17.6. The molecule has 0 atom stereocenters. The Labute approximate surface area is 153 Å². The van der Waals surface area contributed by atoms with Crippen LogP contribution in [-0.4, -0.2) is 30.4 Å². The van der Waals surface area contributed by atoms with Gasteiger partial charge in [0.2, 0.25) is 5.91 Å². The van der Waals surface area contributed by atoms with Crippen molar-refractivity contribution < 1.29 is 9.72 Å². The van der Waals surface area contributed by atoms with E-state index in [1.807, 2.05) is 30.5 Å². The van der Waals surface area contributed by atoms with Crippen molar-refractivity contribution in [3.8, 4) is 0 Å². The molecule has 2 heterocycles. The quantitative estimate of drug-likeness (QED) is 0.527. The summed E-state index contributed by atoms with van der Waals surface area (Å²) in [6.45, 7) is 1.97. The van der Waals surface area contributed by atoms with Crippen LogP contribution in [0.4, 0.5) is 11.5 Å². The maximum absolute atomic E-state index is 12.3. The maximum Gasteiger partial charge on any atom is 0.408 e. The minimum atomic E-state index is -0.678. The van der Waals surface area contributed by atoms with Crippen molar-refractivity contribution in [2.75, 3.05) is 5.32 Å². The highest BCUT2D eigenvalue weighted by Crippen LogP contribution is 2.26. The normalized spacial score (nSPS) is 10.7. The average molecular weight is 375 g/mol. The smallest absolute Gasteiger partial charge is 0.358 e. The van der Waals surface area contributed by atoms with Crippen LogP contribution in [0.2, 0.25) is 5.02 Å². The van der Waals surface area contributed by atoms with Crippen molar-refractivity contribution in [3.05, 3.63) is 69.1 Å². The Balaban J connectivity index is 1.69. The number of carbonyl (C=O) groups excluding carboxylic acids is 1. The van der Waals surface area contributed by atoms with Crippen LogP contribution in [0.15, 0.2) is 42.7 Å². The summed E-state index contributed by atoms with van der Waals surface area (Å²) in [5.41, 5.74) is 1.95. The molecule has 26 heavy (non-hydrogen) atoms. The molecule has 0 spiro atoms. The fourth-order valence-corrected chi connectivity index (χ4v) is 2.65. The zero-order valence-electron chi connectivity index (χ0n) is 13.8. The molecule has 1 amide bonds. The maximum atomic E-state index is 12.3. The Hall–Kier alpha value is -3.20. The van der Waals surface area contributed by atoms with Crippen LogP contribution in [0, 0.1) is 17.0 Å². The van der Waals surface area contributed by atoms with Crippen LogP contribution < -0.4 is 5.32 Å². The molecule has 0 radical (unpaired) electrons. The van der Waals surface area contributed by atoms with Crippen LogP contribution in [0.1, 0.15) is 11.3 Å². The van der Waals surface area contributed by atoms with Gasteiger partial charge in [-0.1, -0.05) is 23.7 Å². The van der Waals surface area contributed by atoms with Crippen LogP contribution in [0.3, 0.4) is 0 Å². The van der Waals surface area contributed by atoms with E-state index >= 15 is 0 Å². The second kappa shape index (κ2) is 7.36. The Kier molecular flexibility index (Phi) is 4.99. The van der Waals surface area contributed by atoms with Gasteiger partial charge in [0.1, 0.15) is 6.54 Å². The van der Waals surface area contributed by atoms with Gasteiger partial charge in [-0.05, 0) is 35.6 Å². The zero-order chi connectivity index (χ0) is 18.7. The number of hydrogen-bond acceptors (Lipinski definition) is 5. The van der Waals surface area contributed by atoms with E-state index in [0.717, 1.165) is 5.56 Å². The van der Waals surface area contributed by atoms with Gasteiger partial charge >= 0.3 is 5.82 Å². The number of anilines is 1. The van der Waals surface area contributed by atoms with Gasteiger partial charge in [-0.3, -0.25) is 9.48 Å². The number of nitro groups is 1. The molecule has 1 N–H and O–H groups in total. The molecule has 1 aromatic carbocycles. The Morgan fingerprint density at radius 2 is 2.19 bits per heavy atom. The van der Waals surface area contributed by atoms with Crippen molar-refractivity contribution in [2.45, 2.75) is 20.0 Å². The van der Waals surface area contributed by atoms with Crippen LogP contribution in [-0.2, 0) is 17.9 Å². The first-order chi connectivity index (χ1) is 12.4. The second-order valence-electron chi connectivity index (χ2n) is 5.59. The first-order valence-corrected chi connectivity index (χ1v) is 8.05. The second-order valence-corrected chi connectivity index (χ2v) is 5.97. The predicted octanol–water partition coefficient (Wildman–Crippen LogP) is 2.64. The third-order valence-corrected chi connectivity index (χ3v) is 4.14. The number of nitrogens with one attached hydrogen (secondary N) is 1. The van der Waals surface area contributed by atoms with Crippen molar-refractivity contribution in [1.29, 1.82) is 0 Å². The summed E-state index contributed by atoms with van der Waals surface area (Å²) in [6.07, 6.45) is 3.55. The van der Waals surface area contributed by atoms with Gasteiger partial charge in [0.15, 0.2) is 5.02 Å². The fraction of sp³-hybridized carbons (Fsp3) is 0.188. The van der Waals surface area contributed by atoms with E-state index in [9.17, 15) is 14.9 Å². The molecule has 0 bridgehead atoms. The van der Waals surface area contributed by atoms with Crippen LogP contribution in [0.25, 0.3) is 0 Å². The molecular weight excluding hydrogens is 360 g/mol. The highest BCUT2D eigenvalue weighted by Gasteiger charge is 2.24. The van der Waals surface area contributed by atoms with Crippen LogP contribution >= 0.6 is 11.6 Å². The van der Waals surface area contributed by atoms with Gasteiger partial charge in [-0.2, -0.15) is 9.78 Å². The molecule has 9 nitrogen and oxygen atoms in total. The Morgan fingerprint density at radius 1 is 1.38 bits per heavy atom. The van der Waals surface area contributed by atoms with Gasteiger partial charge in [0, 0.05) is 18.1 Å². The van der Waals surface area contributed by atoms with E-state index in [-0.39, 0.29) is 17.5 Å². The number of hydrogen-bond donors (Lipinski definition) is 1. The van der Waals surface area contributed by atoms with Crippen LogP contribution in [0.5, 0.6) is 0 Å². The molecule has 0 aliphatic rings. The number of carbonyl (C=O) groups is 1. The molecule has 2 aromatic heterocycles. The van der Waals surface area contributed by atoms with Crippen molar-refractivity contribution in [2.24, 2.45) is 0 Å². The number of halogens is 1. The summed E-state index contributed by atoms with van der Waals surface area (Å²) in [4.78, 5) is 22.4. The third kappa shape index (κ3) is 3.89. The molecule has 0 aliphatic heterocycles. The SMILES string of the molecule is Cc1c(Cl)c([N+](=O)[O-])nn1CC(=O)Nc1cccc(Cn2cccn2)c1. The molecule has 3 rings (SSSR count). The summed E-state index contributed by atoms with van der Waals surface area (Å²) in [7, 11) is 0. The van der Waals surface area contributed by atoms with E-state index in [0.29, 0.717) is 17.9 Å². The minimum absolute atomic E-state index is 0.0657. The summed E-state index contributed by atoms with van der Waals surface area (Å²) in [5.74, 6) is -0.823. The number of benzene rings is 1. The highest BCUT2D eigenvalue weighted by atomic mass is 35.5. The van der Waals surface area contributed by atoms with Crippen molar-refractivity contribution in [1.82, 2.24) is 19.6 Å². The highest BCUT2D eigenvalue weighted by molar-refractivity contribution is 6.33. The van der Waals surface area contributed by atoms with Gasteiger partial charge in [0.05, 0.1) is 17.3 Å². The van der Waals surface area contributed by atoms with E-state index in [4.69, 9.17) is 11.6 Å². The molecule has 0 aliphatic carbocycles. The van der Waals surface area contributed by atoms with Crippen molar-refractivity contribution in [3.63, 3.8) is 0 Å². The molecule has 0 unspecified atom stereocenters. The summed E-state index contributed by atoms with van der Waals surface area (Å²) in [5, 5.41) is 21.5. The lowest BCUT2D eigenvalue weighted by Gasteiger charge is -2.07. The van der Waals surface area contributed by atoms with Crippen molar-refractivity contribution >= 4 is 29.0 Å². The lowest BCUT2D eigenvalue weighted by Crippen LogP contribution is -2.20. The number of aromatic nitrogens is 4. The Morgan fingerprint density at radius 3 is 2.85 bits per heavy atom. The topological polar surface area (TPSA) is 108 Å². The largest absolute Gasteiger partial charge is 0.408 e. The molecule has 10 heteroatoms. The monoisotopic (exact) mass is 374 g/mol. The third-order valence-electron chi connectivity index (χ3n) is 3.70. The molecular formula is C16H15ClN6O3. The minimum Gasteiger partial charge on any atom is -0.358 e. The first-order valence-electron chi connectivity index (χ1n) is 7.67. The van der Waals surface area contributed by atoms with E-state index in [1.54, 1.807) is 23.9 Å². The van der Waals surface area contributed by atoms with Gasteiger partial charge < -0.3 is 15.4 Å². The Bertz CT molecular complexity index is 951. The number of rotatable bonds is 6. The van der Waals surface area contributed by atoms with E-state index in [2.05, 4.69) is 15.5 Å². The van der Waals surface area contributed by atoms with Gasteiger partial charge in [-0.15, -0.1) is 0 Å². The molecule has 134 valence electrons. The fourth-order valence-electron chi connectivity index (χ4n) is 2.44. The molecule has 0 saturated heterocycles. The van der Waals surface area contributed by atoms with Gasteiger partial charge in [0.25, 0.3) is 0 Å².